The zero-order valence-corrected chi connectivity index (χ0v) is 18.2. The van der Waals surface area contributed by atoms with Crippen LogP contribution in [0.5, 0.6) is 11.5 Å². The molecule has 1 aliphatic heterocycles. The van der Waals surface area contributed by atoms with Crippen LogP contribution in [0.15, 0.2) is 18.2 Å². The number of ether oxygens (including phenoxy) is 2. The highest BCUT2D eigenvalue weighted by Gasteiger charge is 2.29. The quantitative estimate of drug-likeness (QED) is 0.614. The van der Waals surface area contributed by atoms with Gasteiger partial charge >= 0.3 is 6.18 Å². The Bertz CT molecular complexity index is 756. The average Bonchev–Trinajstić information content (AvgIpc) is 2.95. The number of alkyl halides is 3. The molecule has 7 nitrogen and oxygen atoms in total. The molecule has 1 aliphatic rings. The van der Waals surface area contributed by atoms with Crippen LogP contribution >= 0.6 is 0 Å². The van der Waals surface area contributed by atoms with E-state index in [1.165, 1.54) is 13.2 Å². The number of methoxy groups -OCH3 is 1. The van der Waals surface area contributed by atoms with Gasteiger partial charge in [-0.25, -0.2) is 0 Å². The maximum absolute atomic E-state index is 12.6. The lowest BCUT2D eigenvalue weighted by atomic mass is 10.1. The zero-order chi connectivity index (χ0) is 23.0. The van der Waals surface area contributed by atoms with Gasteiger partial charge in [0, 0.05) is 46.7 Å². The highest BCUT2D eigenvalue weighted by Crippen LogP contribution is 2.30. The van der Waals surface area contributed by atoms with Gasteiger partial charge in [0.1, 0.15) is 0 Å². The summed E-state index contributed by atoms with van der Waals surface area (Å²) >= 11 is 0. The molecule has 0 saturated carbocycles. The number of amides is 2. The van der Waals surface area contributed by atoms with Crippen molar-refractivity contribution in [1.82, 2.24) is 14.7 Å². The van der Waals surface area contributed by atoms with E-state index >= 15 is 0 Å². The second-order valence-corrected chi connectivity index (χ2v) is 7.69. The van der Waals surface area contributed by atoms with Crippen LogP contribution in [0.3, 0.4) is 0 Å². The summed E-state index contributed by atoms with van der Waals surface area (Å²) in [5.41, 5.74) is 0.776. The van der Waals surface area contributed by atoms with Crippen molar-refractivity contribution in [1.29, 1.82) is 0 Å². The van der Waals surface area contributed by atoms with Crippen LogP contribution in [0, 0.1) is 0 Å². The monoisotopic (exact) mass is 445 g/mol. The molecule has 174 valence electrons. The molecule has 0 radical (unpaired) electrons. The Balaban J connectivity index is 1.87. The molecule has 2 rings (SSSR count). The van der Waals surface area contributed by atoms with Crippen molar-refractivity contribution in [2.75, 3.05) is 60.5 Å². The second kappa shape index (κ2) is 11.2. The minimum atomic E-state index is -4.43. The Labute approximate surface area is 180 Å². The van der Waals surface area contributed by atoms with Gasteiger partial charge in [0.15, 0.2) is 18.1 Å². The van der Waals surface area contributed by atoms with Crippen molar-refractivity contribution in [3.05, 3.63) is 23.8 Å². The van der Waals surface area contributed by atoms with E-state index in [1.54, 1.807) is 36.0 Å². The molecule has 2 amide bonds. The predicted octanol–water partition coefficient (Wildman–Crippen LogP) is 2.19. The van der Waals surface area contributed by atoms with Crippen molar-refractivity contribution in [2.45, 2.75) is 25.4 Å². The van der Waals surface area contributed by atoms with Crippen molar-refractivity contribution < 1.29 is 32.2 Å². The molecule has 0 unspecified atom stereocenters. The fourth-order valence-electron chi connectivity index (χ4n) is 3.27. The van der Waals surface area contributed by atoms with E-state index in [-0.39, 0.29) is 29.7 Å². The SMILES string of the molecule is COc1cc(CCC(=O)N2CCCN(CC(=O)N(C)C)CC2)ccc1OCC(F)(F)F. The highest BCUT2D eigenvalue weighted by atomic mass is 19.4. The Kier molecular flexibility index (Phi) is 8.97. The van der Waals surface area contributed by atoms with Gasteiger partial charge in [-0.3, -0.25) is 14.5 Å². The van der Waals surface area contributed by atoms with E-state index < -0.39 is 12.8 Å². The van der Waals surface area contributed by atoms with Crippen LogP contribution in [0.1, 0.15) is 18.4 Å². The van der Waals surface area contributed by atoms with Gasteiger partial charge < -0.3 is 19.3 Å². The fourth-order valence-corrected chi connectivity index (χ4v) is 3.27. The molecule has 1 aromatic carbocycles. The van der Waals surface area contributed by atoms with Crippen LogP contribution in [0.25, 0.3) is 0 Å². The summed E-state index contributed by atoms with van der Waals surface area (Å²) in [6.07, 6.45) is -2.92. The van der Waals surface area contributed by atoms with Gasteiger partial charge in [0.05, 0.1) is 13.7 Å². The topological polar surface area (TPSA) is 62.3 Å². The van der Waals surface area contributed by atoms with Crippen molar-refractivity contribution in [3.63, 3.8) is 0 Å². The molecule has 0 spiro atoms. The van der Waals surface area contributed by atoms with Gasteiger partial charge in [0.2, 0.25) is 11.8 Å². The number of aryl methyl sites for hydroxylation is 1. The molecule has 1 aromatic rings. The fraction of sp³-hybridized carbons (Fsp3) is 0.619. The molecule has 1 heterocycles. The number of rotatable bonds is 8. The lowest BCUT2D eigenvalue weighted by Crippen LogP contribution is -2.39. The average molecular weight is 445 g/mol. The van der Waals surface area contributed by atoms with Crippen LogP contribution in [0.4, 0.5) is 13.2 Å². The van der Waals surface area contributed by atoms with Gasteiger partial charge in [-0.1, -0.05) is 6.07 Å². The number of carbonyl (C=O) groups is 2. The minimum Gasteiger partial charge on any atom is -0.493 e. The lowest BCUT2D eigenvalue weighted by molar-refractivity contribution is -0.153. The van der Waals surface area contributed by atoms with Crippen molar-refractivity contribution >= 4 is 11.8 Å². The largest absolute Gasteiger partial charge is 0.493 e. The molecule has 1 fully saturated rings. The molecule has 31 heavy (non-hydrogen) atoms. The van der Waals surface area contributed by atoms with E-state index in [2.05, 4.69) is 4.90 Å². The number of carbonyl (C=O) groups excluding carboxylic acids is 2. The smallest absolute Gasteiger partial charge is 0.422 e. The Morgan fingerprint density at radius 3 is 2.48 bits per heavy atom. The van der Waals surface area contributed by atoms with E-state index in [4.69, 9.17) is 9.47 Å². The molecular formula is C21H30F3N3O4. The summed E-state index contributed by atoms with van der Waals surface area (Å²) in [6.45, 7) is 1.56. The van der Waals surface area contributed by atoms with E-state index in [1.807, 2.05) is 0 Å². The molecule has 0 N–H and O–H groups in total. The molecule has 1 saturated heterocycles. The predicted molar refractivity (Wildman–Crippen MR) is 109 cm³/mol. The summed E-state index contributed by atoms with van der Waals surface area (Å²) in [5, 5.41) is 0. The molecule has 0 aliphatic carbocycles. The molecular weight excluding hydrogens is 415 g/mol. The Morgan fingerprint density at radius 2 is 1.84 bits per heavy atom. The summed E-state index contributed by atoms with van der Waals surface area (Å²) in [4.78, 5) is 30.0. The van der Waals surface area contributed by atoms with Gasteiger partial charge in [-0.2, -0.15) is 13.2 Å². The highest BCUT2D eigenvalue weighted by molar-refractivity contribution is 5.78. The second-order valence-electron chi connectivity index (χ2n) is 7.69. The number of hydrogen-bond donors (Lipinski definition) is 0. The third kappa shape index (κ3) is 8.28. The first-order valence-corrected chi connectivity index (χ1v) is 10.2. The van der Waals surface area contributed by atoms with Crippen molar-refractivity contribution in [2.24, 2.45) is 0 Å². The van der Waals surface area contributed by atoms with E-state index in [0.29, 0.717) is 32.6 Å². The number of nitrogens with zero attached hydrogens (tertiary/aromatic N) is 3. The maximum Gasteiger partial charge on any atom is 0.422 e. The first-order chi connectivity index (χ1) is 14.6. The molecule has 0 bridgehead atoms. The Morgan fingerprint density at radius 1 is 1.10 bits per heavy atom. The number of benzene rings is 1. The van der Waals surface area contributed by atoms with Gasteiger partial charge in [-0.05, 0) is 30.5 Å². The van der Waals surface area contributed by atoms with E-state index in [0.717, 1.165) is 18.5 Å². The molecule has 10 heteroatoms. The van der Waals surface area contributed by atoms with Crippen molar-refractivity contribution in [3.8, 4) is 11.5 Å². The number of halogens is 3. The third-order valence-corrected chi connectivity index (χ3v) is 5.05. The number of likely N-dealkylation sites (N-methyl/N-ethyl adjacent to an activating group) is 1. The number of hydrogen-bond acceptors (Lipinski definition) is 5. The summed E-state index contributed by atoms with van der Waals surface area (Å²) < 4.78 is 47.0. The Hall–Kier alpha value is -2.49. The maximum atomic E-state index is 12.6. The first-order valence-electron chi connectivity index (χ1n) is 10.2. The van der Waals surface area contributed by atoms with E-state index in [9.17, 15) is 22.8 Å². The van der Waals surface area contributed by atoms with Gasteiger partial charge in [-0.15, -0.1) is 0 Å². The van der Waals surface area contributed by atoms with Crippen LogP contribution in [0.2, 0.25) is 0 Å². The summed E-state index contributed by atoms with van der Waals surface area (Å²) in [6, 6.07) is 4.66. The summed E-state index contributed by atoms with van der Waals surface area (Å²) in [7, 11) is 4.80. The lowest BCUT2D eigenvalue weighted by Gasteiger charge is -2.23. The standard InChI is InChI=1S/C21H30F3N3O4/c1-25(2)20(29)14-26-9-4-10-27(12-11-26)19(28)8-6-16-5-7-17(18(13-16)30-3)31-15-21(22,23)24/h5,7,13H,4,6,8-12,14-15H2,1-3H3. The molecule has 0 aromatic heterocycles. The minimum absolute atomic E-state index is 0.00906. The van der Waals surface area contributed by atoms with Crippen LogP contribution < -0.4 is 9.47 Å². The van der Waals surface area contributed by atoms with Crippen LogP contribution in [-0.4, -0.2) is 93.2 Å². The zero-order valence-electron chi connectivity index (χ0n) is 18.2. The third-order valence-electron chi connectivity index (χ3n) is 5.05. The molecule has 0 atom stereocenters. The van der Waals surface area contributed by atoms with Crippen LogP contribution in [-0.2, 0) is 16.0 Å². The summed E-state index contributed by atoms with van der Waals surface area (Å²) in [5.74, 6) is 0.258. The van der Waals surface area contributed by atoms with Gasteiger partial charge in [0.25, 0.3) is 0 Å². The first kappa shape index (κ1) is 24.8. The normalized spacial score (nSPS) is 15.4.